The van der Waals surface area contributed by atoms with Gasteiger partial charge in [0, 0.05) is 32.7 Å². The lowest BCUT2D eigenvalue weighted by molar-refractivity contribution is 0.0177. The van der Waals surface area contributed by atoms with E-state index >= 15 is 0 Å². The van der Waals surface area contributed by atoms with Crippen molar-refractivity contribution in [2.24, 2.45) is 0 Å². The number of methoxy groups -OCH3 is 1. The summed E-state index contributed by atoms with van der Waals surface area (Å²) < 4.78 is 38.9. The van der Waals surface area contributed by atoms with E-state index < -0.39 is 10.0 Å². The Balaban J connectivity index is 1.83. The van der Waals surface area contributed by atoms with Crippen LogP contribution in [0.2, 0.25) is 0 Å². The first-order valence-corrected chi connectivity index (χ1v) is 10.9. The summed E-state index contributed by atoms with van der Waals surface area (Å²) in [5.74, 6) is 0.808. The molecule has 146 valence electrons. The van der Waals surface area contributed by atoms with Gasteiger partial charge >= 0.3 is 0 Å². The molecule has 26 heavy (non-hydrogen) atoms. The zero-order chi connectivity index (χ0) is 18.7. The van der Waals surface area contributed by atoms with E-state index in [0.29, 0.717) is 24.7 Å². The second-order valence-corrected chi connectivity index (χ2v) is 9.23. The van der Waals surface area contributed by atoms with E-state index in [0.717, 1.165) is 55.6 Å². The van der Waals surface area contributed by atoms with Crippen LogP contribution in [0.15, 0.2) is 17.0 Å². The normalized spacial score (nSPS) is 20.0. The zero-order valence-corrected chi connectivity index (χ0v) is 16.8. The molecule has 1 unspecified atom stereocenters. The largest absolute Gasteiger partial charge is 0.496 e. The SMILES string of the molecule is COc1ccc(S(=O)(=O)N(C)CC(C)N2CCOCC2)c2c1CCCC2. The molecule has 1 saturated heterocycles. The number of likely N-dealkylation sites (N-methyl/N-ethyl adjacent to an activating group) is 1. The summed E-state index contributed by atoms with van der Waals surface area (Å²) in [5, 5.41) is 0. The predicted octanol–water partition coefficient (Wildman–Crippen LogP) is 1.92. The van der Waals surface area contributed by atoms with E-state index in [1.807, 2.05) is 0 Å². The third-order valence-corrected chi connectivity index (χ3v) is 7.46. The Bertz CT molecular complexity index is 729. The van der Waals surface area contributed by atoms with Gasteiger partial charge in [0.2, 0.25) is 10.0 Å². The minimum Gasteiger partial charge on any atom is -0.496 e. The highest BCUT2D eigenvalue weighted by Gasteiger charge is 2.30. The van der Waals surface area contributed by atoms with Crippen LogP contribution in [0.25, 0.3) is 0 Å². The molecule has 0 spiro atoms. The van der Waals surface area contributed by atoms with Crippen molar-refractivity contribution < 1.29 is 17.9 Å². The molecule has 0 bridgehead atoms. The van der Waals surface area contributed by atoms with Crippen LogP contribution in [-0.4, -0.2) is 70.7 Å². The van der Waals surface area contributed by atoms with Gasteiger partial charge in [-0.25, -0.2) is 8.42 Å². The molecule has 1 fully saturated rings. The quantitative estimate of drug-likeness (QED) is 0.752. The maximum Gasteiger partial charge on any atom is 0.243 e. The lowest BCUT2D eigenvalue weighted by Crippen LogP contribution is -2.47. The van der Waals surface area contributed by atoms with Crippen LogP contribution in [0.4, 0.5) is 0 Å². The fourth-order valence-corrected chi connectivity index (χ4v) is 5.53. The number of sulfonamides is 1. The number of rotatable bonds is 6. The Morgan fingerprint density at radius 1 is 1.19 bits per heavy atom. The Hall–Kier alpha value is -1.15. The molecule has 1 aliphatic heterocycles. The lowest BCUT2D eigenvalue weighted by atomic mass is 9.91. The maximum absolute atomic E-state index is 13.3. The van der Waals surface area contributed by atoms with Crippen molar-refractivity contribution in [2.45, 2.75) is 43.5 Å². The number of hydrogen-bond acceptors (Lipinski definition) is 5. The van der Waals surface area contributed by atoms with Gasteiger partial charge in [0.05, 0.1) is 25.2 Å². The average molecular weight is 383 g/mol. The molecule has 6 nitrogen and oxygen atoms in total. The van der Waals surface area contributed by atoms with Gasteiger partial charge in [0.25, 0.3) is 0 Å². The summed E-state index contributed by atoms with van der Waals surface area (Å²) in [4.78, 5) is 2.74. The summed E-state index contributed by atoms with van der Waals surface area (Å²) in [7, 11) is -0.186. The highest BCUT2D eigenvalue weighted by Crippen LogP contribution is 2.35. The van der Waals surface area contributed by atoms with Gasteiger partial charge in [-0.2, -0.15) is 4.31 Å². The van der Waals surface area contributed by atoms with Gasteiger partial charge < -0.3 is 9.47 Å². The van der Waals surface area contributed by atoms with Gasteiger partial charge in [-0.3, -0.25) is 4.90 Å². The Morgan fingerprint density at radius 3 is 2.50 bits per heavy atom. The van der Waals surface area contributed by atoms with Gasteiger partial charge in [0.1, 0.15) is 5.75 Å². The molecule has 7 heteroatoms. The van der Waals surface area contributed by atoms with E-state index in [-0.39, 0.29) is 6.04 Å². The van der Waals surface area contributed by atoms with Crippen LogP contribution >= 0.6 is 0 Å². The van der Waals surface area contributed by atoms with Crippen LogP contribution in [0.3, 0.4) is 0 Å². The minimum atomic E-state index is -3.52. The first-order chi connectivity index (χ1) is 12.4. The van der Waals surface area contributed by atoms with Crippen molar-refractivity contribution >= 4 is 10.0 Å². The molecule has 0 saturated carbocycles. The molecule has 1 atom stereocenters. The first-order valence-electron chi connectivity index (χ1n) is 9.42. The monoisotopic (exact) mass is 382 g/mol. The molecule has 0 radical (unpaired) electrons. The second-order valence-electron chi connectivity index (χ2n) is 7.21. The average Bonchev–Trinajstić information content (AvgIpc) is 2.67. The Labute approximate surface area is 157 Å². The highest BCUT2D eigenvalue weighted by molar-refractivity contribution is 7.89. The second kappa shape index (κ2) is 8.25. The molecular weight excluding hydrogens is 352 g/mol. The fraction of sp³-hybridized carbons (Fsp3) is 0.684. The van der Waals surface area contributed by atoms with E-state index in [4.69, 9.17) is 9.47 Å². The number of morpholine rings is 1. The lowest BCUT2D eigenvalue weighted by Gasteiger charge is -2.34. The molecular formula is C19H30N2O4S. The van der Waals surface area contributed by atoms with Crippen molar-refractivity contribution in [3.05, 3.63) is 23.3 Å². The molecule has 1 heterocycles. The van der Waals surface area contributed by atoms with Crippen LogP contribution < -0.4 is 4.74 Å². The molecule has 1 aromatic rings. The zero-order valence-electron chi connectivity index (χ0n) is 16.0. The Morgan fingerprint density at radius 2 is 1.85 bits per heavy atom. The van der Waals surface area contributed by atoms with Crippen molar-refractivity contribution in [3.8, 4) is 5.75 Å². The number of benzene rings is 1. The number of nitrogens with zero attached hydrogens (tertiary/aromatic N) is 2. The molecule has 0 N–H and O–H groups in total. The van der Waals surface area contributed by atoms with E-state index in [1.165, 1.54) is 4.31 Å². The molecule has 3 rings (SSSR count). The molecule has 0 amide bonds. The third-order valence-electron chi connectivity index (χ3n) is 5.55. The molecule has 2 aliphatic rings. The minimum absolute atomic E-state index is 0.160. The van der Waals surface area contributed by atoms with Crippen molar-refractivity contribution in [1.29, 1.82) is 0 Å². The van der Waals surface area contributed by atoms with Gasteiger partial charge in [0.15, 0.2) is 0 Å². The van der Waals surface area contributed by atoms with E-state index in [9.17, 15) is 8.42 Å². The number of hydrogen-bond donors (Lipinski definition) is 0. The van der Waals surface area contributed by atoms with Gasteiger partial charge in [-0.15, -0.1) is 0 Å². The fourth-order valence-electron chi connectivity index (χ4n) is 4.01. The van der Waals surface area contributed by atoms with Gasteiger partial charge in [-0.1, -0.05) is 0 Å². The Kier molecular flexibility index (Phi) is 6.22. The van der Waals surface area contributed by atoms with Crippen LogP contribution in [-0.2, 0) is 27.6 Å². The molecule has 1 aliphatic carbocycles. The first kappa shape index (κ1) is 19.6. The summed E-state index contributed by atoms with van der Waals surface area (Å²) in [5.41, 5.74) is 2.01. The summed E-state index contributed by atoms with van der Waals surface area (Å²) >= 11 is 0. The van der Waals surface area contributed by atoms with Crippen molar-refractivity contribution in [1.82, 2.24) is 9.21 Å². The van der Waals surface area contributed by atoms with Crippen LogP contribution in [0, 0.1) is 0 Å². The standard InChI is InChI=1S/C19H30N2O4S/c1-15(21-10-12-25-13-11-21)14-20(2)26(22,23)19-9-8-18(24-3)16-6-4-5-7-17(16)19/h8-9,15H,4-7,10-14H2,1-3H3. The predicted molar refractivity (Wildman–Crippen MR) is 101 cm³/mol. The van der Waals surface area contributed by atoms with Gasteiger partial charge in [-0.05, 0) is 55.9 Å². The topological polar surface area (TPSA) is 59.1 Å². The third kappa shape index (κ3) is 3.91. The summed E-state index contributed by atoms with van der Waals surface area (Å²) in [6.45, 7) is 5.70. The van der Waals surface area contributed by atoms with Crippen molar-refractivity contribution in [2.75, 3.05) is 47.0 Å². The molecule has 0 aromatic heterocycles. The van der Waals surface area contributed by atoms with Crippen LogP contribution in [0.1, 0.15) is 30.9 Å². The van der Waals surface area contributed by atoms with E-state index in [1.54, 1.807) is 26.3 Å². The smallest absolute Gasteiger partial charge is 0.243 e. The number of ether oxygens (including phenoxy) is 2. The number of fused-ring (bicyclic) bond motifs is 1. The van der Waals surface area contributed by atoms with Crippen molar-refractivity contribution in [3.63, 3.8) is 0 Å². The summed E-state index contributed by atoms with van der Waals surface area (Å²) in [6, 6.07) is 3.68. The maximum atomic E-state index is 13.3. The van der Waals surface area contributed by atoms with Crippen LogP contribution in [0.5, 0.6) is 5.75 Å². The summed E-state index contributed by atoms with van der Waals surface area (Å²) in [6.07, 6.45) is 3.79. The highest BCUT2D eigenvalue weighted by atomic mass is 32.2. The molecule has 1 aromatic carbocycles. The van der Waals surface area contributed by atoms with E-state index in [2.05, 4.69) is 11.8 Å².